The highest BCUT2D eigenvalue weighted by Gasteiger charge is 2.55. The Morgan fingerprint density at radius 1 is 1.12 bits per heavy atom. The molecule has 1 saturated heterocycles. The zero-order valence-electron chi connectivity index (χ0n) is 19.2. The van der Waals surface area contributed by atoms with Gasteiger partial charge >= 0.3 is 12.0 Å². The number of fused-ring (bicyclic) bond motifs is 2. The second-order valence-corrected chi connectivity index (χ2v) is 9.66. The number of halogens is 1. The molecule has 0 aromatic heterocycles. The van der Waals surface area contributed by atoms with E-state index >= 15 is 0 Å². The molecule has 2 atom stereocenters. The summed E-state index contributed by atoms with van der Waals surface area (Å²) in [5, 5.41) is 0.650. The minimum absolute atomic E-state index is 0.232. The van der Waals surface area contributed by atoms with Gasteiger partial charge in [0.2, 0.25) is 11.9 Å². The molecule has 0 N–H and O–H groups in total. The molecule has 33 heavy (non-hydrogen) atoms. The van der Waals surface area contributed by atoms with E-state index in [9.17, 15) is 9.59 Å². The Morgan fingerprint density at radius 2 is 1.85 bits per heavy atom. The molecule has 2 aromatic carbocycles. The maximum Gasteiger partial charge on any atom is 0.397 e. The van der Waals surface area contributed by atoms with Crippen molar-refractivity contribution in [2.75, 3.05) is 25.0 Å². The van der Waals surface area contributed by atoms with Crippen molar-refractivity contribution < 1.29 is 14.2 Å². The third-order valence-corrected chi connectivity index (χ3v) is 6.79. The van der Waals surface area contributed by atoms with Gasteiger partial charge in [-0.05, 0) is 37.1 Å². The number of hydrogen-bond donors (Lipinski definition) is 0. The van der Waals surface area contributed by atoms with Crippen LogP contribution >= 0.6 is 11.6 Å². The van der Waals surface area contributed by atoms with Crippen LogP contribution in [0.4, 0.5) is 10.5 Å². The van der Waals surface area contributed by atoms with Crippen LogP contribution in [0.5, 0.6) is 0 Å². The lowest BCUT2D eigenvalue weighted by atomic mass is 10.0. The fourth-order valence-corrected chi connectivity index (χ4v) is 4.96. The molecule has 0 saturated carbocycles. The minimum Gasteiger partial charge on any atom is -0.270 e. The summed E-state index contributed by atoms with van der Waals surface area (Å²) < 4.78 is 2.04. The topological polar surface area (TPSA) is 59.2 Å². The highest BCUT2D eigenvalue weighted by molar-refractivity contribution is 6.31. The van der Waals surface area contributed by atoms with Gasteiger partial charge in [-0.25, -0.2) is 14.3 Å². The van der Waals surface area contributed by atoms with Crippen LogP contribution < -0.4 is 4.90 Å². The van der Waals surface area contributed by atoms with Crippen molar-refractivity contribution in [3.63, 3.8) is 0 Å². The van der Waals surface area contributed by atoms with E-state index in [-0.39, 0.29) is 18.5 Å². The standard InChI is InChI=1S/C25H27ClN5O2/c1-15-5-8-18(9-6-15)14-31-23(32)21-22(28(4)25(31)33)27-24-29(12-16(2)13-30(21)24)20-11-19(26)10-7-17(20)3/h5-11,16,21H,12-14H2,1-4H3/q+1. The zero-order chi connectivity index (χ0) is 23.4. The number of guanidine groups is 1. The highest BCUT2D eigenvalue weighted by Crippen LogP contribution is 2.31. The first-order valence-electron chi connectivity index (χ1n) is 11.1. The first-order valence-corrected chi connectivity index (χ1v) is 11.5. The summed E-state index contributed by atoms with van der Waals surface area (Å²) in [5.41, 5.74) is 4.10. The van der Waals surface area contributed by atoms with Crippen LogP contribution in [-0.2, 0) is 11.3 Å². The summed E-state index contributed by atoms with van der Waals surface area (Å²) in [7, 11) is 1.69. The molecular formula is C25H27ClN5O2+. The quantitative estimate of drug-likeness (QED) is 0.651. The van der Waals surface area contributed by atoms with Crippen LogP contribution in [0.15, 0.2) is 47.5 Å². The van der Waals surface area contributed by atoms with Crippen LogP contribution in [-0.4, -0.2) is 64.3 Å². The second kappa shape index (κ2) is 7.99. The normalized spacial score (nSPS) is 22.6. The van der Waals surface area contributed by atoms with E-state index in [1.807, 2.05) is 60.9 Å². The van der Waals surface area contributed by atoms with Crippen LogP contribution in [0, 0.1) is 19.8 Å². The number of aliphatic imine (C=N–C) groups is 1. The smallest absolute Gasteiger partial charge is 0.270 e. The summed E-state index contributed by atoms with van der Waals surface area (Å²) in [4.78, 5) is 36.6. The second-order valence-electron chi connectivity index (χ2n) is 9.22. The number of urea groups is 1. The number of nitrogens with zero attached hydrogens (tertiary/aromatic N) is 5. The fraction of sp³-hybridized carbons (Fsp3) is 0.360. The minimum atomic E-state index is -0.613. The lowest BCUT2D eigenvalue weighted by Gasteiger charge is -2.35. The molecule has 0 aliphatic carbocycles. The Kier molecular flexibility index (Phi) is 5.24. The van der Waals surface area contributed by atoms with Gasteiger partial charge in [-0.1, -0.05) is 59.4 Å². The van der Waals surface area contributed by atoms with Gasteiger partial charge in [0, 0.05) is 18.0 Å². The number of benzene rings is 2. The lowest BCUT2D eigenvalue weighted by molar-refractivity contribution is -0.545. The molecule has 170 valence electrons. The molecule has 3 amide bonds. The lowest BCUT2D eigenvalue weighted by Crippen LogP contribution is -2.63. The molecule has 5 rings (SSSR count). The van der Waals surface area contributed by atoms with Gasteiger partial charge in [0.1, 0.15) is 5.69 Å². The van der Waals surface area contributed by atoms with E-state index in [0.717, 1.165) is 28.9 Å². The van der Waals surface area contributed by atoms with Gasteiger partial charge in [0.25, 0.3) is 5.91 Å². The van der Waals surface area contributed by atoms with Crippen LogP contribution in [0.2, 0.25) is 5.02 Å². The van der Waals surface area contributed by atoms with E-state index in [0.29, 0.717) is 29.3 Å². The van der Waals surface area contributed by atoms with Gasteiger partial charge in [0.15, 0.2) is 0 Å². The zero-order valence-corrected chi connectivity index (χ0v) is 20.0. The molecule has 0 spiro atoms. The van der Waals surface area contributed by atoms with Crippen molar-refractivity contribution >= 4 is 41.0 Å². The molecule has 3 aliphatic heterocycles. The number of imide groups is 1. The molecule has 2 aromatic rings. The van der Waals surface area contributed by atoms with Crippen LogP contribution in [0.3, 0.4) is 0 Å². The SMILES string of the molecule is Cc1ccc(CN2C(=O)C3C(=NC4=[N+]3CC(C)CN4c3cc(Cl)ccc3C)N(C)C2=O)cc1. The molecule has 7 nitrogen and oxygen atoms in total. The van der Waals surface area contributed by atoms with Gasteiger partial charge in [-0.15, -0.1) is 0 Å². The first-order chi connectivity index (χ1) is 15.7. The molecule has 3 aliphatic rings. The third kappa shape index (κ3) is 3.60. The molecule has 0 radical (unpaired) electrons. The van der Waals surface area contributed by atoms with Gasteiger partial charge in [0.05, 0.1) is 19.6 Å². The number of rotatable bonds is 3. The molecule has 3 heterocycles. The summed E-state index contributed by atoms with van der Waals surface area (Å²) in [6.07, 6.45) is 0. The number of carbonyl (C=O) groups excluding carboxylic acids is 2. The van der Waals surface area contributed by atoms with E-state index in [1.54, 1.807) is 7.05 Å². The fourth-order valence-electron chi connectivity index (χ4n) is 4.80. The predicted molar refractivity (Wildman–Crippen MR) is 129 cm³/mol. The van der Waals surface area contributed by atoms with Crippen molar-refractivity contribution in [1.29, 1.82) is 0 Å². The van der Waals surface area contributed by atoms with E-state index in [2.05, 4.69) is 11.8 Å². The number of carbonyl (C=O) groups is 2. The summed E-state index contributed by atoms with van der Waals surface area (Å²) in [5.74, 6) is 1.25. The Labute approximate surface area is 198 Å². The van der Waals surface area contributed by atoms with Gasteiger partial charge < -0.3 is 0 Å². The predicted octanol–water partition coefficient (Wildman–Crippen LogP) is 3.66. The van der Waals surface area contributed by atoms with Gasteiger partial charge in [-0.2, -0.15) is 0 Å². The number of aryl methyl sites for hydroxylation is 2. The average Bonchev–Trinajstić information content (AvgIpc) is 3.17. The maximum atomic E-state index is 13.7. The summed E-state index contributed by atoms with van der Waals surface area (Å²) in [6, 6.07) is 12.7. The Bertz CT molecular complexity index is 1220. The van der Waals surface area contributed by atoms with Crippen molar-refractivity contribution in [2.45, 2.75) is 33.4 Å². The number of likely N-dealkylation sites (N-methyl/N-ethyl adjacent to an activating group) is 1. The van der Waals surface area contributed by atoms with Crippen molar-refractivity contribution in [3.8, 4) is 0 Å². The largest absolute Gasteiger partial charge is 0.397 e. The molecule has 0 bridgehead atoms. The molecule has 8 heteroatoms. The van der Waals surface area contributed by atoms with Crippen molar-refractivity contribution in [2.24, 2.45) is 10.9 Å². The monoisotopic (exact) mass is 464 g/mol. The molecule has 1 fully saturated rings. The van der Waals surface area contributed by atoms with Gasteiger partial charge in [-0.3, -0.25) is 14.6 Å². The highest BCUT2D eigenvalue weighted by atomic mass is 35.5. The first kappa shape index (κ1) is 21.6. The van der Waals surface area contributed by atoms with Crippen molar-refractivity contribution in [1.82, 2.24) is 9.80 Å². The van der Waals surface area contributed by atoms with E-state index in [4.69, 9.17) is 16.6 Å². The van der Waals surface area contributed by atoms with Crippen molar-refractivity contribution in [3.05, 3.63) is 64.2 Å². The molecular weight excluding hydrogens is 438 g/mol. The van der Waals surface area contributed by atoms with E-state index in [1.165, 1.54) is 9.80 Å². The maximum absolute atomic E-state index is 13.7. The number of amidine groups is 1. The summed E-state index contributed by atoms with van der Waals surface area (Å²) in [6.45, 7) is 7.90. The van der Waals surface area contributed by atoms with E-state index < -0.39 is 6.04 Å². The Hall–Kier alpha value is -3.19. The Balaban J connectivity index is 1.54. The summed E-state index contributed by atoms with van der Waals surface area (Å²) >= 11 is 6.31. The average molecular weight is 465 g/mol. The number of anilines is 1. The van der Waals surface area contributed by atoms with Crippen LogP contribution in [0.25, 0.3) is 0 Å². The third-order valence-electron chi connectivity index (χ3n) is 6.56. The Morgan fingerprint density at radius 3 is 2.58 bits per heavy atom. The number of hydrogen-bond acceptors (Lipinski definition) is 4. The van der Waals surface area contributed by atoms with Crippen LogP contribution in [0.1, 0.15) is 23.6 Å². The number of amides is 3. The molecule has 2 unspecified atom stereocenters.